The van der Waals surface area contributed by atoms with Crippen molar-refractivity contribution in [3.05, 3.63) is 0 Å². The lowest BCUT2D eigenvalue weighted by Crippen LogP contribution is -2.44. The zero-order valence-corrected chi connectivity index (χ0v) is 6.89. The van der Waals surface area contributed by atoms with Gasteiger partial charge in [-0.2, -0.15) is 13.2 Å². The normalized spacial score (nSPS) is 14.2. The molecule has 0 rings (SSSR count). The van der Waals surface area contributed by atoms with Crippen LogP contribution in [0.5, 0.6) is 0 Å². The summed E-state index contributed by atoms with van der Waals surface area (Å²) in [5.74, 6) is -1.37. The zero-order valence-electron chi connectivity index (χ0n) is 6.89. The van der Waals surface area contributed by atoms with E-state index < -0.39 is 24.7 Å². The molecule has 0 aromatic rings. The Bertz CT molecular complexity index is 171. The van der Waals surface area contributed by atoms with Gasteiger partial charge in [0, 0.05) is 7.11 Å². The average Bonchev–Trinajstić information content (AvgIpc) is 1.95. The van der Waals surface area contributed by atoms with Crippen LogP contribution in [0.2, 0.25) is 0 Å². The van der Waals surface area contributed by atoms with Crippen molar-refractivity contribution >= 4 is 5.97 Å². The van der Waals surface area contributed by atoms with Crippen LogP contribution in [-0.2, 0) is 9.53 Å². The topological polar surface area (TPSA) is 58.6 Å². The van der Waals surface area contributed by atoms with Gasteiger partial charge in [-0.3, -0.25) is 10.1 Å². The molecule has 0 aliphatic carbocycles. The van der Waals surface area contributed by atoms with Crippen LogP contribution < -0.4 is 5.32 Å². The number of nitrogens with one attached hydrogen (secondary N) is 1. The van der Waals surface area contributed by atoms with E-state index in [-0.39, 0.29) is 6.61 Å². The van der Waals surface area contributed by atoms with E-state index in [9.17, 15) is 18.0 Å². The Morgan fingerprint density at radius 2 is 2.15 bits per heavy atom. The molecule has 0 heterocycles. The highest BCUT2D eigenvalue weighted by Crippen LogP contribution is 2.12. The standard InChI is InChI=1S/C6H10F3NO3/c1-13-2-4(5(11)12)10-3-6(7,8)9/h4,10H,2-3H2,1H3,(H,11,12). The van der Waals surface area contributed by atoms with Gasteiger partial charge in [0.1, 0.15) is 6.04 Å². The average molecular weight is 201 g/mol. The van der Waals surface area contributed by atoms with Gasteiger partial charge in [-0.25, -0.2) is 0 Å². The molecule has 0 fully saturated rings. The van der Waals surface area contributed by atoms with Gasteiger partial charge in [0.25, 0.3) is 0 Å². The largest absolute Gasteiger partial charge is 0.480 e. The van der Waals surface area contributed by atoms with Crippen LogP contribution in [-0.4, -0.2) is 43.6 Å². The number of halogens is 3. The molecular formula is C6H10F3NO3. The number of carbonyl (C=O) groups is 1. The van der Waals surface area contributed by atoms with Crippen molar-refractivity contribution in [1.82, 2.24) is 5.32 Å². The van der Waals surface area contributed by atoms with E-state index in [0.717, 1.165) is 0 Å². The quantitative estimate of drug-likeness (QED) is 0.668. The molecule has 78 valence electrons. The second kappa shape index (κ2) is 5.03. The van der Waals surface area contributed by atoms with Gasteiger partial charge < -0.3 is 9.84 Å². The lowest BCUT2D eigenvalue weighted by molar-refractivity contribution is -0.145. The molecule has 0 saturated carbocycles. The Balaban J connectivity index is 3.90. The maximum absolute atomic E-state index is 11.6. The Hall–Kier alpha value is -0.820. The number of alkyl halides is 3. The molecule has 0 aliphatic rings. The molecule has 0 spiro atoms. The molecule has 4 nitrogen and oxygen atoms in total. The third-order valence-corrected chi connectivity index (χ3v) is 1.18. The van der Waals surface area contributed by atoms with Crippen molar-refractivity contribution in [2.45, 2.75) is 12.2 Å². The number of carboxylic acids is 1. The molecule has 1 unspecified atom stereocenters. The van der Waals surface area contributed by atoms with Crippen molar-refractivity contribution < 1.29 is 27.8 Å². The molecule has 0 aliphatic heterocycles. The third kappa shape index (κ3) is 6.35. The molecule has 0 saturated heterocycles. The molecule has 7 heteroatoms. The number of rotatable bonds is 5. The van der Waals surface area contributed by atoms with Crippen molar-refractivity contribution in [3.63, 3.8) is 0 Å². The SMILES string of the molecule is COCC(NCC(F)(F)F)C(=O)O. The van der Waals surface area contributed by atoms with Crippen LogP contribution in [0.25, 0.3) is 0 Å². The lowest BCUT2D eigenvalue weighted by Gasteiger charge is -2.14. The molecule has 0 aromatic carbocycles. The van der Waals surface area contributed by atoms with E-state index in [0.29, 0.717) is 0 Å². The summed E-state index contributed by atoms with van der Waals surface area (Å²) in [7, 11) is 1.21. The van der Waals surface area contributed by atoms with Gasteiger partial charge in [-0.05, 0) is 0 Å². The fraction of sp³-hybridized carbons (Fsp3) is 0.833. The van der Waals surface area contributed by atoms with E-state index in [2.05, 4.69) is 4.74 Å². The van der Waals surface area contributed by atoms with Crippen LogP contribution in [0.4, 0.5) is 13.2 Å². The minimum atomic E-state index is -4.42. The van der Waals surface area contributed by atoms with Crippen molar-refractivity contribution in [2.75, 3.05) is 20.3 Å². The predicted octanol–water partition coefficient (Wildman–Crippen LogP) is 0.238. The van der Waals surface area contributed by atoms with Gasteiger partial charge >= 0.3 is 12.1 Å². The predicted molar refractivity (Wildman–Crippen MR) is 37.4 cm³/mol. The van der Waals surface area contributed by atoms with E-state index in [4.69, 9.17) is 5.11 Å². The van der Waals surface area contributed by atoms with Gasteiger partial charge in [-0.15, -0.1) is 0 Å². The molecule has 0 aromatic heterocycles. The maximum atomic E-state index is 11.6. The van der Waals surface area contributed by atoms with Crippen molar-refractivity contribution in [3.8, 4) is 0 Å². The molecule has 13 heavy (non-hydrogen) atoms. The van der Waals surface area contributed by atoms with Crippen LogP contribution >= 0.6 is 0 Å². The number of carboxylic acid groups (broad SMARTS) is 1. The summed E-state index contributed by atoms with van der Waals surface area (Å²) >= 11 is 0. The van der Waals surface area contributed by atoms with E-state index in [1.165, 1.54) is 7.11 Å². The number of hydrogen-bond acceptors (Lipinski definition) is 3. The van der Waals surface area contributed by atoms with E-state index in [1.807, 2.05) is 5.32 Å². The van der Waals surface area contributed by atoms with Crippen molar-refractivity contribution in [1.29, 1.82) is 0 Å². The maximum Gasteiger partial charge on any atom is 0.401 e. The fourth-order valence-corrected chi connectivity index (χ4v) is 0.623. The monoisotopic (exact) mass is 201 g/mol. The highest BCUT2D eigenvalue weighted by atomic mass is 19.4. The molecule has 0 amide bonds. The van der Waals surface area contributed by atoms with Gasteiger partial charge in [-0.1, -0.05) is 0 Å². The van der Waals surface area contributed by atoms with Crippen LogP contribution in [0.1, 0.15) is 0 Å². The highest BCUT2D eigenvalue weighted by molar-refractivity contribution is 5.73. The van der Waals surface area contributed by atoms with Crippen LogP contribution in [0, 0.1) is 0 Å². The van der Waals surface area contributed by atoms with Crippen LogP contribution in [0.3, 0.4) is 0 Å². The molecule has 2 N–H and O–H groups in total. The number of hydrogen-bond donors (Lipinski definition) is 2. The van der Waals surface area contributed by atoms with Gasteiger partial charge in [0.15, 0.2) is 0 Å². The third-order valence-electron chi connectivity index (χ3n) is 1.18. The molecule has 0 radical (unpaired) electrons. The Labute approximate surface area is 72.7 Å². The number of ether oxygens (including phenoxy) is 1. The van der Waals surface area contributed by atoms with E-state index >= 15 is 0 Å². The Kier molecular flexibility index (Phi) is 4.71. The summed E-state index contributed by atoms with van der Waals surface area (Å²) in [6, 6.07) is -1.33. The summed E-state index contributed by atoms with van der Waals surface area (Å²) in [5, 5.41) is 10.2. The van der Waals surface area contributed by atoms with Crippen LogP contribution in [0.15, 0.2) is 0 Å². The van der Waals surface area contributed by atoms with E-state index in [1.54, 1.807) is 0 Å². The lowest BCUT2D eigenvalue weighted by atomic mass is 10.3. The first-order valence-electron chi connectivity index (χ1n) is 3.38. The zero-order chi connectivity index (χ0) is 10.5. The molecule has 1 atom stereocenters. The summed E-state index contributed by atoms with van der Waals surface area (Å²) in [5.41, 5.74) is 0. The number of aliphatic carboxylic acids is 1. The smallest absolute Gasteiger partial charge is 0.401 e. The first-order valence-corrected chi connectivity index (χ1v) is 3.38. The Morgan fingerprint density at radius 1 is 1.62 bits per heavy atom. The van der Waals surface area contributed by atoms with Crippen molar-refractivity contribution in [2.24, 2.45) is 0 Å². The molecule has 0 bridgehead atoms. The molecular weight excluding hydrogens is 191 g/mol. The Morgan fingerprint density at radius 3 is 2.46 bits per heavy atom. The minimum Gasteiger partial charge on any atom is -0.480 e. The second-order valence-electron chi connectivity index (χ2n) is 2.34. The summed E-state index contributed by atoms with van der Waals surface area (Å²) in [4.78, 5) is 10.3. The fourth-order valence-electron chi connectivity index (χ4n) is 0.623. The first kappa shape index (κ1) is 12.2. The summed E-state index contributed by atoms with van der Waals surface area (Å²) in [6.07, 6.45) is -4.42. The summed E-state index contributed by atoms with van der Waals surface area (Å²) < 4.78 is 39.3. The first-order chi connectivity index (χ1) is 5.87. The highest BCUT2D eigenvalue weighted by Gasteiger charge is 2.29. The number of methoxy groups -OCH3 is 1. The van der Waals surface area contributed by atoms with Gasteiger partial charge in [0.05, 0.1) is 13.2 Å². The van der Waals surface area contributed by atoms with Gasteiger partial charge in [0.2, 0.25) is 0 Å². The summed E-state index contributed by atoms with van der Waals surface area (Å²) in [6.45, 7) is -1.64. The minimum absolute atomic E-state index is 0.300. The second-order valence-corrected chi connectivity index (χ2v) is 2.34.